The molecule has 2 aromatic heterocycles. The molecule has 118 valence electrons. The van der Waals surface area contributed by atoms with Crippen molar-refractivity contribution >= 4 is 22.4 Å². The number of H-pyrrole nitrogens is 1. The molecule has 0 bridgehead atoms. The summed E-state index contributed by atoms with van der Waals surface area (Å²) in [6, 6.07) is 0. The summed E-state index contributed by atoms with van der Waals surface area (Å²) < 4.78 is 0. The lowest BCUT2D eigenvalue weighted by atomic mass is 9.92. The van der Waals surface area contributed by atoms with Gasteiger partial charge in [0.15, 0.2) is 5.13 Å². The van der Waals surface area contributed by atoms with Crippen molar-refractivity contribution in [2.24, 2.45) is 0 Å². The molecule has 3 heterocycles. The molecule has 0 spiro atoms. The predicted octanol–water partition coefficient (Wildman–Crippen LogP) is 2.30. The number of piperidine rings is 1. The highest BCUT2D eigenvalue weighted by Crippen LogP contribution is 2.27. The first-order valence-corrected chi connectivity index (χ1v) is 8.38. The van der Waals surface area contributed by atoms with E-state index in [0.29, 0.717) is 17.6 Å². The van der Waals surface area contributed by atoms with Crippen molar-refractivity contribution in [2.45, 2.75) is 32.6 Å². The van der Waals surface area contributed by atoms with Crippen LogP contribution in [0.5, 0.6) is 0 Å². The van der Waals surface area contributed by atoms with Gasteiger partial charge in [0.25, 0.3) is 0 Å². The van der Waals surface area contributed by atoms with Crippen LogP contribution >= 0.6 is 11.3 Å². The van der Waals surface area contributed by atoms with Gasteiger partial charge in [0.2, 0.25) is 5.91 Å². The predicted molar refractivity (Wildman–Crippen MR) is 87.2 cm³/mol. The van der Waals surface area contributed by atoms with Crippen LogP contribution in [0.25, 0.3) is 0 Å². The Labute approximate surface area is 133 Å². The zero-order chi connectivity index (χ0) is 15.5. The van der Waals surface area contributed by atoms with E-state index in [0.717, 1.165) is 36.5 Å². The highest BCUT2D eigenvalue weighted by atomic mass is 32.1. The maximum Gasteiger partial charge on any atom is 0.240 e. The number of aromatic amines is 1. The number of likely N-dealkylation sites (tertiary alicyclic amines) is 1. The Hall–Kier alpha value is -1.73. The summed E-state index contributed by atoms with van der Waals surface area (Å²) >= 11 is 1.53. The van der Waals surface area contributed by atoms with Crippen LogP contribution in [0.1, 0.15) is 34.9 Å². The summed E-state index contributed by atoms with van der Waals surface area (Å²) in [7, 11) is 0. The van der Waals surface area contributed by atoms with E-state index in [4.69, 9.17) is 0 Å². The number of anilines is 1. The van der Waals surface area contributed by atoms with Gasteiger partial charge in [-0.25, -0.2) is 4.98 Å². The first-order valence-electron chi connectivity index (χ1n) is 7.56. The number of carbonyl (C=O) groups excluding carboxylic acids is 1. The average Bonchev–Trinajstić information content (AvgIpc) is 3.11. The molecule has 0 atom stereocenters. The molecule has 6 nitrogen and oxygen atoms in total. The van der Waals surface area contributed by atoms with E-state index in [2.05, 4.69) is 25.4 Å². The molecular weight excluding hydrogens is 298 g/mol. The van der Waals surface area contributed by atoms with Gasteiger partial charge in [0.1, 0.15) is 0 Å². The Morgan fingerprint density at radius 1 is 1.45 bits per heavy atom. The molecular formula is C15H21N5OS. The molecule has 1 amide bonds. The molecule has 0 aromatic carbocycles. The zero-order valence-electron chi connectivity index (χ0n) is 12.9. The van der Waals surface area contributed by atoms with Crippen molar-refractivity contribution in [3.63, 3.8) is 0 Å². The van der Waals surface area contributed by atoms with Gasteiger partial charge in [-0.1, -0.05) is 0 Å². The normalized spacial score (nSPS) is 16.8. The Bertz CT molecular complexity index is 609. The molecule has 0 unspecified atom stereocenters. The fourth-order valence-corrected chi connectivity index (χ4v) is 3.63. The second-order valence-electron chi connectivity index (χ2n) is 5.79. The molecule has 2 N–H and O–H groups in total. The van der Waals surface area contributed by atoms with E-state index in [1.54, 1.807) is 0 Å². The molecule has 1 aliphatic heterocycles. The molecule has 2 aromatic rings. The SMILES string of the molecule is Cc1nc(NC(=O)CN2CCC(c3cn[nH]c3)CC2)sc1C. The lowest BCUT2D eigenvalue weighted by molar-refractivity contribution is -0.117. The minimum atomic E-state index is 0.0236. The monoisotopic (exact) mass is 319 g/mol. The summed E-state index contributed by atoms with van der Waals surface area (Å²) in [6.07, 6.45) is 6.02. The standard InChI is InChI=1S/C15H21N5OS/c1-10-11(2)22-15(18-10)19-14(21)9-20-5-3-12(4-6-20)13-7-16-17-8-13/h7-8,12H,3-6,9H2,1-2H3,(H,16,17)(H,18,19,21). The molecule has 0 aliphatic carbocycles. The second kappa shape index (κ2) is 6.58. The number of hydrogen-bond acceptors (Lipinski definition) is 5. The lowest BCUT2D eigenvalue weighted by Crippen LogP contribution is -2.38. The number of rotatable bonds is 4. The summed E-state index contributed by atoms with van der Waals surface area (Å²) in [5.74, 6) is 0.581. The molecule has 7 heteroatoms. The van der Waals surface area contributed by atoms with Gasteiger partial charge in [-0.2, -0.15) is 5.10 Å². The Morgan fingerprint density at radius 2 is 2.23 bits per heavy atom. The maximum atomic E-state index is 12.1. The fraction of sp³-hybridized carbons (Fsp3) is 0.533. The average molecular weight is 319 g/mol. The number of aryl methyl sites for hydroxylation is 2. The highest BCUT2D eigenvalue weighted by Gasteiger charge is 2.22. The summed E-state index contributed by atoms with van der Waals surface area (Å²) in [6.45, 7) is 6.31. The molecule has 1 fully saturated rings. The third-order valence-electron chi connectivity index (χ3n) is 4.22. The van der Waals surface area contributed by atoms with Crippen molar-refractivity contribution in [3.05, 3.63) is 28.5 Å². The number of thiazole rings is 1. The van der Waals surface area contributed by atoms with Crippen LogP contribution in [0, 0.1) is 13.8 Å². The molecule has 1 aliphatic rings. The van der Waals surface area contributed by atoms with Crippen molar-refractivity contribution in [2.75, 3.05) is 25.0 Å². The first-order chi connectivity index (χ1) is 10.6. The minimum Gasteiger partial charge on any atom is -0.301 e. The van der Waals surface area contributed by atoms with Gasteiger partial charge >= 0.3 is 0 Å². The van der Waals surface area contributed by atoms with Crippen LogP contribution < -0.4 is 5.32 Å². The van der Waals surface area contributed by atoms with Crippen LogP contribution in [0.4, 0.5) is 5.13 Å². The van der Waals surface area contributed by atoms with Gasteiger partial charge < -0.3 is 5.32 Å². The van der Waals surface area contributed by atoms with Gasteiger partial charge in [0, 0.05) is 11.1 Å². The largest absolute Gasteiger partial charge is 0.301 e. The second-order valence-corrected chi connectivity index (χ2v) is 6.99. The number of nitrogens with one attached hydrogen (secondary N) is 2. The Balaban J connectivity index is 1.47. The summed E-state index contributed by atoms with van der Waals surface area (Å²) in [4.78, 5) is 19.8. The van der Waals surface area contributed by atoms with E-state index < -0.39 is 0 Å². The van der Waals surface area contributed by atoms with Crippen molar-refractivity contribution < 1.29 is 4.79 Å². The van der Waals surface area contributed by atoms with E-state index in [1.165, 1.54) is 16.9 Å². The number of aromatic nitrogens is 3. The van der Waals surface area contributed by atoms with Gasteiger partial charge in [-0.3, -0.25) is 14.8 Å². The number of hydrogen-bond donors (Lipinski definition) is 2. The van der Waals surface area contributed by atoms with Crippen molar-refractivity contribution in [1.82, 2.24) is 20.1 Å². The van der Waals surface area contributed by atoms with Gasteiger partial charge in [-0.15, -0.1) is 11.3 Å². The smallest absolute Gasteiger partial charge is 0.240 e. The van der Waals surface area contributed by atoms with Gasteiger partial charge in [-0.05, 0) is 51.3 Å². The quantitative estimate of drug-likeness (QED) is 0.907. The van der Waals surface area contributed by atoms with E-state index in [1.807, 2.05) is 26.2 Å². The van der Waals surface area contributed by atoms with E-state index in [9.17, 15) is 4.79 Å². The topological polar surface area (TPSA) is 73.9 Å². The molecule has 0 radical (unpaired) electrons. The third kappa shape index (κ3) is 3.53. The molecule has 0 saturated carbocycles. The van der Waals surface area contributed by atoms with Crippen LogP contribution in [-0.2, 0) is 4.79 Å². The lowest BCUT2D eigenvalue weighted by Gasteiger charge is -2.30. The van der Waals surface area contributed by atoms with E-state index >= 15 is 0 Å². The molecule has 3 rings (SSSR count). The van der Waals surface area contributed by atoms with Crippen LogP contribution in [-0.4, -0.2) is 45.6 Å². The van der Waals surface area contributed by atoms with Crippen molar-refractivity contribution in [1.29, 1.82) is 0 Å². The first kappa shape index (κ1) is 15.2. The number of nitrogens with zero attached hydrogens (tertiary/aromatic N) is 3. The molecule has 1 saturated heterocycles. The van der Waals surface area contributed by atoms with Crippen LogP contribution in [0.2, 0.25) is 0 Å². The number of carbonyl (C=O) groups is 1. The fourth-order valence-electron chi connectivity index (χ4n) is 2.80. The summed E-state index contributed by atoms with van der Waals surface area (Å²) in [5.41, 5.74) is 2.26. The Kier molecular flexibility index (Phi) is 4.54. The minimum absolute atomic E-state index is 0.0236. The third-order valence-corrected chi connectivity index (χ3v) is 5.21. The van der Waals surface area contributed by atoms with Crippen molar-refractivity contribution in [3.8, 4) is 0 Å². The number of amides is 1. The van der Waals surface area contributed by atoms with Gasteiger partial charge in [0.05, 0.1) is 18.4 Å². The highest BCUT2D eigenvalue weighted by molar-refractivity contribution is 7.15. The zero-order valence-corrected chi connectivity index (χ0v) is 13.7. The Morgan fingerprint density at radius 3 is 2.82 bits per heavy atom. The van der Waals surface area contributed by atoms with Crippen LogP contribution in [0.15, 0.2) is 12.4 Å². The maximum absolute atomic E-state index is 12.1. The summed E-state index contributed by atoms with van der Waals surface area (Å²) in [5, 5.41) is 10.5. The van der Waals surface area contributed by atoms with E-state index in [-0.39, 0.29) is 5.91 Å². The molecule has 22 heavy (non-hydrogen) atoms. The van der Waals surface area contributed by atoms with Crippen LogP contribution in [0.3, 0.4) is 0 Å².